The molecule has 17 heavy (non-hydrogen) atoms. The van der Waals surface area contributed by atoms with Crippen LogP contribution in [0.4, 0.5) is 0 Å². The number of hydrogen-bond donors (Lipinski definition) is 2. The molecule has 0 heterocycles. The summed E-state index contributed by atoms with van der Waals surface area (Å²) >= 11 is 1.71. The molecule has 4 heteroatoms. The zero-order valence-electron chi connectivity index (χ0n) is 10.5. The van der Waals surface area contributed by atoms with Gasteiger partial charge in [0.25, 0.3) is 0 Å². The Bertz CT molecular complexity index is 374. The van der Waals surface area contributed by atoms with Crippen molar-refractivity contribution in [3.63, 3.8) is 0 Å². The Morgan fingerprint density at radius 1 is 1.35 bits per heavy atom. The predicted molar refractivity (Wildman–Crippen MR) is 71.3 cm³/mol. The van der Waals surface area contributed by atoms with Crippen molar-refractivity contribution in [2.24, 2.45) is 0 Å². The Labute approximate surface area is 107 Å². The number of aliphatic hydroxyl groups is 1. The molecule has 0 aliphatic rings. The average Bonchev–Trinajstić information content (AvgIpc) is 2.36. The number of hydrogen-bond acceptors (Lipinski definition) is 3. The lowest BCUT2D eigenvalue weighted by Crippen LogP contribution is -2.37. The van der Waals surface area contributed by atoms with Crippen LogP contribution in [0.2, 0.25) is 0 Å². The molecule has 0 unspecified atom stereocenters. The van der Waals surface area contributed by atoms with E-state index < -0.39 is 6.61 Å². The van der Waals surface area contributed by atoms with Gasteiger partial charge in [0.05, 0.1) is 0 Å². The molecule has 1 amide bonds. The second kappa shape index (κ2) is 6.07. The standard InChI is InChI=1S/C13H19NO2S/c1-13(2,9-14-12(16)8-15)10-4-6-11(17-3)7-5-10/h4-7,15H,8-9H2,1-3H3,(H,14,16). The van der Waals surface area contributed by atoms with Gasteiger partial charge in [0.1, 0.15) is 6.61 Å². The summed E-state index contributed by atoms with van der Waals surface area (Å²) in [5, 5.41) is 11.4. The van der Waals surface area contributed by atoms with Crippen molar-refractivity contribution >= 4 is 17.7 Å². The monoisotopic (exact) mass is 253 g/mol. The van der Waals surface area contributed by atoms with Crippen molar-refractivity contribution in [2.45, 2.75) is 24.2 Å². The van der Waals surface area contributed by atoms with Gasteiger partial charge in [0.2, 0.25) is 5.91 Å². The van der Waals surface area contributed by atoms with Gasteiger partial charge in [0, 0.05) is 16.9 Å². The summed E-state index contributed by atoms with van der Waals surface area (Å²) in [6.45, 7) is 4.20. The third kappa shape index (κ3) is 4.06. The first-order chi connectivity index (χ1) is 7.99. The topological polar surface area (TPSA) is 49.3 Å². The van der Waals surface area contributed by atoms with Gasteiger partial charge < -0.3 is 10.4 Å². The lowest BCUT2D eigenvalue weighted by atomic mass is 9.84. The fraction of sp³-hybridized carbons (Fsp3) is 0.462. The SMILES string of the molecule is CSc1ccc(C(C)(C)CNC(=O)CO)cc1. The van der Waals surface area contributed by atoms with Gasteiger partial charge in [-0.25, -0.2) is 0 Å². The van der Waals surface area contributed by atoms with Crippen LogP contribution in [-0.2, 0) is 10.2 Å². The number of carbonyl (C=O) groups is 1. The molecule has 94 valence electrons. The van der Waals surface area contributed by atoms with Gasteiger partial charge in [-0.2, -0.15) is 0 Å². The fourth-order valence-corrected chi connectivity index (χ4v) is 1.93. The minimum absolute atomic E-state index is 0.137. The lowest BCUT2D eigenvalue weighted by molar-refractivity contribution is -0.124. The third-order valence-electron chi connectivity index (χ3n) is 2.74. The Morgan fingerprint density at radius 2 is 1.94 bits per heavy atom. The smallest absolute Gasteiger partial charge is 0.245 e. The van der Waals surface area contributed by atoms with E-state index in [1.54, 1.807) is 11.8 Å². The zero-order chi connectivity index (χ0) is 12.9. The molecule has 0 aromatic heterocycles. The molecule has 0 radical (unpaired) electrons. The van der Waals surface area contributed by atoms with Gasteiger partial charge in [0.15, 0.2) is 0 Å². The number of rotatable bonds is 5. The summed E-state index contributed by atoms with van der Waals surface area (Å²) < 4.78 is 0. The molecule has 0 aliphatic heterocycles. The van der Waals surface area contributed by atoms with Gasteiger partial charge in [-0.3, -0.25) is 4.79 Å². The van der Waals surface area contributed by atoms with Crippen LogP contribution >= 0.6 is 11.8 Å². The van der Waals surface area contributed by atoms with Crippen LogP contribution < -0.4 is 5.32 Å². The quantitative estimate of drug-likeness (QED) is 0.787. The maximum atomic E-state index is 11.0. The first-order valence-electron chi connectivity index (χ1n) is 5.51. The molecule has 0 fully saturated rings. The van der Waals surface area contributed by atoms with Gasteiger partial charge in [-0.05, 0) is 24.0 Å². The third-order valence-corrected chi connectivity index (χ3v) is 3.49. The van der Waals surface area contributed by atoms with Crippen molar-refractivity contribution in [3.05, 3.63) is 29.8 Å². The van der Waals surface area contributed by atoms with Crippen LogP contribution in [0, 0.1) is 0 Å². The Hall–Kier alpha value is -1.00. The highest BCUT2D eigenvalue weighted by molar-refractivity contribution is 7.98. The van der Waals surface area contributed by atoms with Crippen LogP contribution in [0.1, 0.15) is 19.4 Å². The average molecular weight is 253 g/mol. The second-order valence-corrected chi connectivity index (χ2v) is 5.43. The molecular weight excluding hydrogens is 234 g/mol. The predicted octanol–water partition coefficient (Wildman–Crippen LogP) is 1.79. The van der Waals surface area contributed by atoms with E-state index in [1.807, 2.05) is 6.26 Å². The van der Waals surface area contributed by atoms with Crippen LogP contribution in [-0.4, -0.2) is 30.4 Å². The van der Waals surface area contributed by atoms with Crippen molar-refractivity contribution in [2.75, 3.05) is 19.4 Å². The van der Waals surface area contributed by atoms with E-state index in [2.05, 4.69) is 43.4 Å². The molecule has 0 saturated heterocycles. The van der Waals surface area contributed by atoms with Gasteiger partial charge in [-0.15, -0.1) is 11.8 Å². The van der Waals surface area contributed by atoms with Crippen LogP contribution in [0.15, 0.2) is 29.2 Å². The molecule has 2 N–H and O–H groups in total. The van der Waals surface area contributed by atoms with E-state index in [0.29, 0.717) is 6.54 Å². The number of amides is 1. The summed E-state index contributed by atoms with van der Waals surface area (Å²) in [5.41, 5.74) is 1.04. The maximum Gasteiger partial charge on any atom is 0.245 e. The van der Waals surface area contributed by atoms with E-state index in [9.17, 15) is 4.79 Å². The minimum atomic E-state index is -0.457. The fourth-order valence-electron chi connectivity index (χ4n) is 1.52. The van der Waals surface area contributed by atoms with Crippen LogP contribution in [0.5, 0.6) is 0 Å². The highest BCUT2D eigenvalue weighted by Crippen LogP contribution is 2.24. The van der Waals surface area contributed by atoms with E-state index in [0.717, 1.165) is 0 Å². The summed E-state index contributed by atoms with van der Waals surface area (Å²) in [6, 6.07) is 8.32. The maximum absolute atomic E-state index is 11.0. The molecule has 3 nitrogen and oxygen atoms in total. The Kier molecular flexibility index (Phi) is 5.02. The van der Waals surface area contributed by atoms with E-state index in [1.165, 1.54) is 10.5 Å². The Morgan fingerprint density at radius 3 is 2.41 bits per heavy atom. The first kappa shape index (κ1) is 14.1. The van der Waals surface area contributed by atoms with Gasteiger partial charge in [-0.1, -0.05) is 26.0 Å². The van der Waals surface area contributed by atoms with Crippen LogP contribution in [0.25, 0.3) is 0 Å². The second-order valence-electron chi connectivity index (χ2n) is 4.55. The lowest BCUT2D eigenvalue weighted by Gasteiger charge is -2.25. The van der Waals surface area contributed by atoms with Crippen molar-refractivity contribution < 1.29 is 9.90 Å². The number of aliphatic hydroxyl groups excluding tert-OH is 1. The van der Waals surface area contributed by atoms with Crippen LogP contribution in [0.3, 0.4) is 0 Å². The minimum Gasteiger partial charge on any atom is -0.387 e. The summed E-state index contributed by atoms with van der Waals surface area (Å²) in [7, 11) is 0. The van der Waals surface area contributed by atoms with Crippen molar-refractivity contribution in [1.82, 2.24) is 5.32 Å². The molecule has 0 saturated carbocycles. The first-order valence-corrected chi connectivity index (χ1v) is 6.74. The highest BCUT2D eigenvalue weighted by Gasteiger charge is 2.21. The van der Waals surface area contributed by atoms with Gasteiger partial charge >= 0.3 is 0 Å². The summed E-state index contributed by atoms with van der Waals surface area (Å²) in [6.07, 6.45) is 2.04. The normalized spacial score (nSPS) is 11.3. The number of nitrogens with one attached hydrogen (secondary N) is 1. The molecule has 0 atom stereocenters. The van der Waals surface area contributed by atoms with E-state index >= 15 is 0 Å². The number of thioether (sulfide) groups is 1. The summed E-state index contributed by atoms with van der Waals surface area (Å²) in [4.78, 5) is 12.3. The largest absolute Gasteiger partial charge is 0.387 e. The van der Waals surface area contributed by atoms with E-state index in [-0.39, 0.29) is 11.3 Å². The molecule has 1 rings (SSSR count). The summed E-state index contributed by atoms with van der Waals surface area (Å²) in [5.74, 6) is -0.334. The number of carbonyl (C=O) groups excluding carboxylic acids is 1. The zero-order valence-corrected chi connectivity index (χ0v) is 11.3. The van der Waals surface area contributed by atoms with E-state index in [4.69, 9.17) is 5.11 Å². The molecule has 1 aromatic rings. The molecule has 0 aliphatic carbocycles. The number of benzene rings is 1. The highest BCUT2D eigenvalue weighted by atomic mass is 32.2. The molecule has 0 spiro atoms. The molecule has 0 bridgehead atoms. The molecular formula is C13H19NO2S. The van der Waals surface area contributed by atoms with Crippen molar-refractivity contribution in [1.29, 1.82) is 0 Å². The Balaban J connectivity index is 2.70. The molecule has 1 aromatic carbocycles. The van der Waals surface area contributed by atoms with Crippen molar-refractivity contribution in [3.8, 4) is 0 Å².